The summed E-state index contributed by atoms with van der Waals surface area (Å²) < 4.78 is 0. The van der Waals surface area contributed by atoms with E-state index < -0.39 is 0 Å². The molecule has 1 aliphatic rings. The minimum Gasteiger partial charge on any atom is -0.280 e. The molecule has 13 heavy (non-hydrogen) atoms. The smallest absolute Gasteiger partial charge is 0.236 e. The average molecular weight is 233 g/mol. The van der Waals surface area contributed by atoms with Gasteiger partial charge in [-0.25, -0.2) is 0 Å². The van der Waals surface area contributed by atoms with Crippen molar-refractivity contribution in [3.8, 4) is 0 Å². The lowest BCUT2D eigenvalue weighted by atomic mass is 10.1. The van der Waals surface area contributed by atoms with Crippen LogP contribution in [0.3, 0.4) is 0 Å². The van der Waals surface area contributed by atoms with Gasteiger partial charge in [0.1, 0.15) is 5.25 Å². The van der Waals surface area contributed by atoms with E-state index in [9.17, 15) is 4.79 Å². The monoisotopic (exact) mass is 232 g/mol. The lowest BCUT2D eigenvalue weighted by Crippen LogP contribution is -2.12. The minimum atomic E-state index is -0.374. The highest BCUT2D eigenvalue weighted by atomic mass is 35.5. The Balaban J connectivity index is 2.38. The summed E-state index contributed by atoms with van der Waals surface area (Å²) >= 11 is 12.9. The Bertz CT molecular complexity index is 353. The summed E-state index contributed by atoms with van der Waals surface area (Å²) in [7, 11) is 0. The maximum atomic E-state index is 11.0. The van der Waals surface area contributed by atoms with Gasteiger partial charge < -0.3 is 0 Å². The topological polar surface area (TPSA) is 17.1 Å². The molecule has 0 bridgehead atoms. The molecule has 68 valence electrons. The van der Waals surface area contributed by atoms with Crippen molar-refractivity contribution in [1.29, 1.82) is 0 Å². The SMILES string of the molecule is O=C(Cl)C1Sc2ccccc2C1Cl. The predicted octanol–water partition coefficient (Wildman–Crippen LogP) is 3.21. The van der Waals surface area contributed by atoms with E-state index >= 15 is 0 Å². The number of rotatable bonds is 1. The molecule has 4 heteroatoms. The number of benzene rings is 1. The van der Waals surface area contributed by atoms with Crippen LogP contribution in [0.2, 0.25) is 0 Å². The van der Waals surface area contributed by atoms with E-state index in [4.69, 9.17) is 23.2 Å². The third kappa shape index (κ3) is 1.58. The Morgan fingerprint density at radius 3 is 2.69 bits per heavy atom. The molecule has 0 saturated heterocycles. The number of hydrogen-bond donors (Lipinski definition) is 0. The van der Waals surface area contributed by atoms with Crippen molar-refractivity contribution in [2.75, 3.05) is 0 Å². The van der Waals surface area contributed by atoms with Gasteiger partial charge in [0.15, 0.2) is 0 Å². The molecular formula is C9H6Cl2OS. The van der Waals surface area contributed by atoms with Crippen LogP contribution in [0.5, 0.6) is 0 Å². The van der Waals surface area contributed by atoms with E-state index in [1.54, 1.807) is 0 Å². The largest absolute Gasteiger partial charge is 0.280 e. The Morgan fingerprint density at radius 2 is 2.08 bits per heavy atom. The quantitative estimate of drug-likeness (QED) is 0.547. The second kappa shape index (κ2) is 3.52. The van der Waals surface area contributed by atoms with Crippen LogP contribution in [0.15, 0.2) is 29.2 Å². The molecule has 1 aromatic carbocycles. The first-order chi connectivity index (χ1) is 6.20. The molecule has 0 fully saturated rings. The summed E-state index contributed by atoms with van der Waals surface area (Å²) in [6.07, 6.45) is 0. The molecule has 2 rings (SSSR count). The van der Waals surface area contributed by atoms with E-state index in [-0.39, 0.29) is 15.9 Å². The van der Waals surface area contributed by atoms with Gasteiger partial charge in [-0.05, 0) is 23.2 Å². The molecule has 0 amide bonds. The van der Waals surface area contributed by atoms with Crippen molar-refractivity contribution >= 4 is 40.2 Å². The van der Waals surface area contributed by atoms with Crippen LogP contribution in [0, 0.1) is 0 Å². The first-order valence-electron chi connectivity index (χ1n) is 3.79. The van der Waals surface area contributed by atoms with Crippen LogP contribution < -0.4 is 0 Å². The number of halogens is 2. The van der Waals surface area contributed by atoms with Crippen LogP contribution in [0.25, 0.3) is 0 Å². The van der Waals surface area contributed by atoms with Crippen molar-refractivity contribution < 1.29 is 4.79 Å². The van der Waals surface area contributed by atoms with Gasteiger partial charge in [-0.1, -0.05) is 18.2 Å². The summed E-state index contributed by atoms with van der Waals surface area (Å²) in [6, 6.07) is 7.72. The van der Waals surface area contributed by atoms with Gasteiger partial charge in [0.05, 0.1) is 5.38 Å². The molecule has 2 atom stereocenters. The molecule has 1 aliphatic heterocycles. The van der Waals surface area contributed by atoms with Crippen LogP contribution in [-0.4, -0.2) is 10.5 Å². The Hall–Kier alpha value is -0.180. The fraction of sp³-hybridized carbons (Fsp3) is 0.222. The van der Waals surface area contributed by atoms with Crippen molar-refractivity contribution in [3.05, 3.63) is 29.8 Å². The molecule has 0 radical (unpaired) electrons. The summed E-state index contributed by atoms with van der Waals surface area (Å²) in [4.78, 5) is 12.0. The maximum Gasteiger partial charge on any atom is 0.236 e. The van der Waals surface area contributed by atoms with Crippen LogP contribution >= 0.6 is 35.0 Å². The number of hydrogen-bond acceptors (Lipinski definition) is 2. The van der Waals surface area contributed by atoms with Gasteiger partial charge in [-0.3, -0.25) is 4.79 Å². The first kappa shape index (κ1) is 9.38. The van der Waals surface area contributed by atoms with Crippen LogP contribution in [-0.2, 0) is 4.79 Å². The predicted molar refractivity (Wildman–Crippen MR) is 55.5 cm³/mol. The van der Waals surface area contributed by atoms with Gasteiger partial charge in [-0.2, -0.15) is 0 Å². The van der Waals surface area contributed by atoms with Gasteiger partial charge in [0.2, 0.25) is 5.24 Å². The van der Waals surface area contributed by atoms with Crippen molar-refractivity contribution in [2.45, 2.75) is 15.5 Å². The van der Waals surface area contributed by atoms with E-state index in [1.807, 2.05) is 24.3 Å². The molecule has 1 aromatic rings. The minimum absolute atomic E-state index is 0.286. The number of thioether (sulfide) groups is 1. The van der Waals surface area contributed by atoms with Crippen molar-refractivity contribution in [2.24, 2.45) is 0 Å². The molecule has 0 spiro atoms. The fourth-order valence-electron chi connectivity index (χ4n) is 1.34. The first-order valence-corrected chi connectivity index (χ1v) is 5.48. The lowest BCUT2D eigenvalue weighted by Gasteiger charge is -2.06. The Morgan fingerprint density at radius 1 is 1.38 bits per heavy atom. The summed E-state index contributed by atoms with van der Waals surface area (Å²) in [5.74, 6) is 0. The van der Waals surface area contributed by atoms with Crippen LogP contribution in [0.4, 0.5) is 0 Å². The molecule has 0 aliphatic carbocycles. The van der Waals surface area contributed by atoms with E-state index in [1.165, 1.54) is 11.8 Å². The lowest BCUT2D eigenvalue weighted by molar-refractivity contribution is -0.111. The number of alkyl halides is 1. The highest BCUT2D eigenvalue weighted by molar-refractivity contribution is 8.01. The summed E-state index contributed by atoms with van der Waals surface area (Å²) in [6.45, 7) is 0. The Labute approximate surface area is 90.4 Å². The fourth-order valence-corrected chi connectivity index (χ4v) is 3.31. The highest BCUT2D eigenvalue weighted by Crippen LogP contribution is 2.48. The zero-order valence-electron chi connectivity index (χ0n) is 6.54. The molecule has 0 aromatic heterocycles. The summed E-state index contributed by atoms with van der Waals surface area (Å²) in [5, 5.41) is -0.992. The molecular weight excluding hydrogens is 227 g/mol. The molecule has 0 N–H and O–H groups in total. The summed E-state index contributed by atoms with van der Waals surface area (Å²) in [5.41, 5.74) is 1.01. The van der Waals surface area contributed by atoms with Gasteiger partial charge in [-0.15, -0.1) is 23.4 Å². The third-order valence-electron chi connectivity index (χ3n) is 1.96. The average Bonchev–Trinajstić information content (AvgIpc) is 2.45. The standard InChI is InChI=1S/C9H6Cl2OS/c10-7-5-3-1-2-4-6(5)13-8(7)9(11)12/h1-4,7-8H. The zero-order chi connectivity index (χ0) is 9.42. The van der Waals surface area contributed by atoms with E-state index in [0.717, 1.165) is 10.5 Å². The third-order valence-corrected chi connectivity index (χ3v) is 4.33. The second-order valence-corrected chi connectivity index (χ2v) is 4.81. The molecule has 1 nitrogen and oxygen atoms in total. The van der Waals surface area contributed by atoms with E-state index in [2.05, 4.69) is 0 Å². The number of fused-ring (bicyclic) bond motifs is 1. The van der Waals surface area contributed by atoms with Gasteiger partial charge >= 0.3 is 0 Å². The van der Waals surface area contributed by atoms with Crippen molar-refractivity contribution in [3.63, 3.8) is 0 Å². The maximum absolute atomic E-state index is 11.0. The Kier molecular flexibility index (Phi) is 2.54. The highest BCUT2D eigenvalue weighted by Gasteiger charge is 2.35. The van der Waals surface area contributed by atoms with Gasteiger partial charge in [0.25, 0.3) is 0 Å². The van der Waals surface area contributed by atoms with Crippen molar-refractivity contribution in [1.82, 2.24) is 0 Å². The van der Waals surface area contributed by atoms with Gasteiger partial charge in [0, 0.05) is 4.90 Å². The van der Waals surface area contributed by atoms with E-state index in [0.29, 0.717) is 0 Å². The second-order valence-electron chi connectivity index (χ2n) is 2.78. The molecule has 1 heterocycles. The molecule has 0 saturated carbocycles. The number of carbonyl (C=O) groups excluding carboxylic acids is 1. The number of carbonyl (C=O) groups is 1. The van der Waals surface area contributed by atoms with Crippen LogP contribution in [0.1, 0.15) is 10.9 Å². The normalized spacial score (nSPS) is 25.7. The zero-order valence-corrected chi connectivity index (χ0v) is 8.86. The molecule has 2 unspecified atom stereocenters.